The van der Waals surface area contributed by atoms with Crippen LogP contribution >= 0.6 is 43.5 Å². The van der Waals surface area contributed by atoms with E-state index in [4.69, 9.17) is 30.6 Å². The van der Waals surface area contributed by atoms with Crippen LogP contribution in [-0.2, 0) is 13.1 Å². The third-order valence-corrected chi connectivity index (χ3v) is 11.8. The zero-order valence-corrected chi connectivity index (χ0v) is 32.9. The van der Waals surface area contributed by atoms with Gasteiger partial charge in [-0.1, -0.05) is 41.9 Å². The summed E-state index contributed by atoms with van der Waals surface area (Å²) in [6.45, 7) is 8.79. The molecule has 0 radical (unpaired) electrons. The van der Waals surface area contributed by atoms with E-state index < -0.39 is 11.9 Å². The molecule has 0 amide bonds. The van der Waals surface area contributed by atoms with Gasteiger partial charge in [-0.2, -0.15) is 0 Å². The first-order chi connectivity index (χ1) is 26.0. The SMILES string of the molecule is O=C(O)c1cc2c(Br)c(N3CCN(Cc4ccc(F)cc4)CC3)ccc2o1.O=C(O)c1cc2c(Br)c(N3CCN(Cc4ccccc4Cl)CC3)ccc2o1. The smallest absolute Gasteiger partial charge is 0.371 e. The Labute approximate surface area is 332 Å². The van der Waals surface area contributed by atoms with E-state index in [0.29, 0.717) is 11.2 Å². The van der Waals surface area contributed by atoms with Crippen LogP contribution in [0.25, 0.3) is 21.9 Å². The number of rotatable bonds is 8. The Morgan fingerprint density at radius 2 is 1.11 bits per heavy atom. The molecule has 0 unspecified atom stereocenters. The molecule has 2 saturated heterocycles. The standard InChI is InChI=1S/C20H18BrClN2O3.C20H18BrFN2O3/c21-19-14-11-18(20(25)26)27-17(14)6-5-16(19)24-9-7-23(8-10-24)12-13-3-1-2-4-15(13)22;21-19-15-11-18(20(25)26)27-17(15)6-5-16(19)24-9-7-23(8-10-24)12-13-1-3-14(22)4-2-13/h2*1-6,11H,7-10,12H2,(H,25,26). The van der Waals surface area contributed by atoms with Gasteiger partial charge in [0, 0.05) is 93.4 Å². The summed E-state index contributed by atoms with van der Waals surface area (Å²) in [6, 6.07) is 25.3. The molecule has 4 aromatic carbocycles. The molecule has 4 heterocycles. The lowest BCUT2D eigenvalue weighted by molar-refractivity contribution is 0.0655. The predicted molar refractivity (Wildman–Crippen MR) is 215 cm³/mol. The summed E-state index contributed by atoms with van der Waals surface area (Å²) in [6.07, 6.45) is 0. The van der Waals surface area contributed by atoms with Gasteiger partial charge in [-0.15, -0.1) is 0 Å². The molecule has 2 aliphatic rings. The van der Waals surface area contributed by atoms with E-state index >= 15 is 0 Å². The molecule has 2 fully saturated rings. The van der Waals surface area contributed by atoms with Crippen molar-refractivity contribution in [3.05, 3.63) is 127 Å². The Balaban J connectivity index is 0.000000167. The fourth-order valence-electron chi connectivity index (χ4n) is 6.84. The Bertz CT molecular complexity index is 2300. The van der Waals surface area contributed by atoms with E-state index in [0.717, 1.165) is 113 Å². The third kappa shape index (κ3) is 8.45. The molecule has 8 rings (SSSR count). The van der Waals surface area contributed by atoms with Crippen molar-refractivity contribution < 1.29 is 33.0 Å². The first-order valence-corrected chi connectivity index (χ1v) is 19.3. The van der Waals surface area contributed by atoms with Gasteiger partial charge in [-0.3, -0.25) is 9.80 Å². The zero-order valence-electron chi connectivity index (χ0n) is 29.0. The van der Waals surface area contributed by atoms with Crippen LogP contribution in [0.3, 0.4) is 0 Å². The van der Waals surface area contributed by atoms with Crippen LogP contribution in [0, 0.1) is 5.82 Å². The monoisotopic (exact) mass is 880 g/mol. The van der Waals surface area contributed by atoms with E-state index in [1.54, 1.807) is 12.1 Å². The third-order valence-electron chi connectivity index (χ3n) is 9.75. The fraction of sp³-hybridized carbons (Fsp3) is 0.250. The molecule has 0 aliphatic carbocycles. The number of piperazine rings is 2. The van der Waals surface area contributed by atoms with E-state index in [1.807, 2.05) is 54.6 Å². The molecule has 0 bridgehead atoms. The van der Waals surface area contributed by atoms with Crippen LogP contribution in [0.4, 0.5) is 15.8 Å². The lowest BCUT2D eigenvalue weighted by Crippen LogP contribution is -2.46. The van der Waals surface area contributed by atoms with Crippen LogP contribution in [-0.4, -0.2) is 84.3 Å². The second-order valence-electron chi connectivity index (χ2n) is 13.2. The van der Waals surface area contributed by atoms with Crippen molar-refractivity contribution in [3.63, 3.8) is 0 Å². The number of fused-ring (bicyclic) bond motifs is 2. The van der Waals surface area contributed by atoms with Crippen molar-refractivity contribution >= 4 is 88.7 Å². The van der Waals surface area contributed by atoms with Crippen LogP contribution in [0.2, 0.25) is 5.02 Å². The minimum absolute atomic E-state index is 0.0487. The molecule has 10 nitrogen and oxygen atoms in total. The van der Waals surface area contributed by atoms with Crippen molar-refractivity contribution in [2.75, 3.05) is 62.2 Å². The highest BCUT2D eigenvalue weighted by Crippen LogP contribution is 2.37. The average Bonchev–Trinajstić information content (AvgIpc) is 3.82. The number of carboxylic acids is 2. The molecule has 0 spiro atoms. The number of benzene rings is 4. The zero-order chi connectivity index (χ0) is 37.9. The second kappa shape index (κ2) is 16.5. The highest BCUT2D eigenvalue weighted by Gasteiger charge is 2.24. The number of anilines is 2. The van der Waals surface area contributed by atoms with Gasteiger partial charge in [-0.25, -0.2) is 14.0 Å². The van der Waals surface area contributed by atoms with Gasteiger partial charge < -0.3 is 28.8 Å². The summed E-state index contributed by atoms with van der Waals surface area (Å²) >= 11 is 13.5. The van der Waals surface area contributed by atoms with Gasteiger partial charge in [0.1, 0.15) is 17.0 Å². The normalized spacial score (nSPS) is 15.4. The Kier molecular flexibility index (Phi) is 11.6. The maximum atomic E-state index is 13.0. The summed E-state index contributed by atoms with van der Waals surface area (Å²) in [5.74, 6) is -2.46. The minimum Gasteiger partial charge on any atom is -0.475 e. The van der Waals surface area contributed by atoms with E-state index in [-0.39, 0.29) is 17.3 Å². The van der Waals surface area contributed by atoms with Crippen molar-refractivity contribution in [1.82, 2.24) is 9.80 Å². The highest BCUT2D eigenvalue weighted by atomic mass is 79.9. The summed E-state index contributed by atoms with van der Waals surface area (Å²) in [7, 11) is 0. The number of carboxylic acid groups (broad SMARTS) is 2. The van der Waals surface area contributed by atoms with Gasteiger partial charge >= 0.3 is 11.9 Å². The maximum Gasteiger partial charge on any atom is 0.371 e. The summed E-state index contributed by atoms with van der Waals surface area (Å²) in [4.78, 5) is 31.6. The molecule has 2 aliphatic heterocycles. The molecule has 6 aromatic rings. The fourth-order valence-corrected chi connectivity index (χ4v) is 8.42. The quantitative estimate of drug-likeness (QED) is 0.154. The van der Waals surface area contributed by atoms with Gasteiger partial charge in [0.15, 0.2) is 0 Å². The van der Waals surface area contributed by atoms with Crippen molar-refractivity contribution in [1.29, 1.82) is 0 Å². The molecular weight excluding hydrogens is 847 g/mol. The number of halogens is 4. The topological polar surface area (TPSA) is 114 Å². The molecule has 280 valence electrons. The van der Waals surface area contributed by atoms with Crippen LogP contribution in [0.1, 0.15) is 32.2 Å². The second-order valence-corrected chi connectivity index (χ2v) is 15.2. The predicted octanol–water partition coefficient (Wildman–Crippen LogP) is 9.22. The number of furan rings is 2. The lowest BCUT2D eigenvalue weighted by atomic mass is 10.1. The number of hydrogen-bond donors (Lipinski definition) is 2. The summed E-state index contributed by atoms with van der Waals surface area (Å²) in [5, 5.41) is 20.6. The lowest BCUT2D eigenvalue weighted by Gasteiger charge is -2.36. The number of carbonyl (C=O) groups is 2. The Morgan fingerprint density at radius 3 is 1.57 bits per heavy atom. The summed E-state index contributed by atoms with van der Waals surface area (Å²) < 4.78 is 25.5. The number of aromatic carboxylic acids is 2. The van der Waals surface area contributed by atoms with E-state index in [1.165, 1.54) is 12.1 Å². The van der Waals surface area contributed by atoms with Crippen LogP contribution in [0.15, 0.2) is 103 Å². The Hall–Kier alpha value is -4.40. The van der Waals surface area contributed by atoms with Crippen molar-refractivity contribution in [3.8, 4) is 0 Å². The molecule has 54 heavy (non-hydrogen) atoms. The van der Waals surface area contributed by atoms with Gasteiger partial charge in [0.25, 0.3) is 0 Å². The average molecular weight is 883 g/mol. The maximum absolute atomic E-state index is 13.0. The first kappa shape index (κ1) is 37.9. The van der Waals surface area contributed by atoms with Crippen LogP contribution in [0.5, 0.6) is 0 Å². The van der Waals surface area contributed by atoms with Crippen molar-refractivity contribution in [2.24, 2.45) is 0 Å². The highest BCUT2D eigenvalue weighted by molar-refractivity contribution is 9.11. The Morgan fingerprint density at radius 1 is 0.648 bits per heavy atom. The van der Waals surface area contributed by atoms with E-state index in [2.05, 4.69) is 57.5 Å². The molecule has 2 N–H and O–H groups in total. The van der Waals surface area contributed by atoms with E-state index in [9.17, 15) is 14.0 Å². The van der Waals surface area contributed by atoms with Gasteiger partial charge in [-0.05, 0) is 85.5 Å². The number of hydrogen-bond acceptors (Lipinski definition) is 8. The molecule has 14 heteroatoms. The van der Waals surface area contributed by atoms with Gasteiger partial charge in [0.05, 0.1) is 20.3 Å². The molecule has 0 saturated carbocycles. The van der Waals surface area contributed by atoms with Crippen molar-refractivity contribution in [2.45, 2.75) is 13.1 Å². The van der Waals surface area contributed by atoms with Crippen LogP contribution < -0.4 is 9.80 Å². The molecule has 0 atom stereocenters. The first-order valence-electron chi connectivity index (χ1n) is 17.4. The largest absolute Gasteiger partial charge is 0.475 e. The summed E-state index contributed by atoms with van der Waals surface area (Å²) in [5.41, 5.74) is 5.46. The molecule has 2 aromatic heterocycles. The van der Waals surface area contributed by atoms with Gasteiger partial charge in [0.2, 0.25) is 11.5 Å². The number of nitrogens with zero attached hydrogens (tertiary/aromatic N) is 4. The molecular formula is C40H36Br2ClFN4O6. The minimum atomic E-state index is -1.07.